The molecule has 1 atom stereocenters. The van der Waals surface area contributed by atoms with E-state index in [4.69, 9.17) is 0 Å². The van der Waals surface area contributed by atoms with Gasteiger partial charge in [0.15, 0.2) is 5.13 Å². The van der Waals surface area contributed by atoms with Crippen molar-refractivity contribution in [1.82, 2.24) is 14.8 Å². The standard InChI is InChI=1S/C17H24N4O2S/c1-12-11-24-17(18-12)20-6-2-5-19(7-8-20)16(23)13-9-15(22)21(10-13)14-3-4-14/h11,13-14H,2-10H2,1H3/t13-/m1/s1. The molecular weight excluding hydrogens is 324 g/mol. The van der Waals surface area contributed by atoms with Crippen LogP contribution in [0, 0.1) is 12.8 Å². The molecule has 1 aromatic heterocycles. The van der Waals surface area contributed by atoms with E-state index in [0.717, 1.165) is 56.3 Å². The zero-order valence-electron chi connectivity index (χ0n) is 14.1. The van der Waals surface area contributed by atoms with Gasteiger partial charge in [0.1, 0.15) is 0 Å². The number of anilines is 1. The third-order valence-electron chi connectivity index (χ3n) is 5.18. The molecule has 0 unspecified atom stereocenters. The Hall–Kier alpha value is -1.63. The van der Waals surface area contributed by atoms with Gasteiger partial charge in [-0.3, -0.25) is 9.59 Å². The Morgan fingerprint density at radius 3 is 2.79 bits per heavy atom. The number of carbonyl (C=O) groups excluding carboxylic acids is 2. The second kappa shape index (κ2) is 6.35. The zero-order chi connectivity index (χ0) is 16.7. The van der Waals surface area contributed by atoms with E-state index < -0.39 is 0 Å². The van der Waals surface area contributed by atoms with Gasteiger partial charge in [0.2, 0.25) is 11.8 Å². The Morgan fingerprint density at radius 1 is 1.25 bits per heavy atom. The van der Waals surface area contributed by atoms with Crippen LogP contribution in [0.5, 0.6) is 0 Å². The molecule has 3 heterocycles. The second-order valence-corrected chi connectivity index (χ2v) is 7.95. The number of hydrogen-bond donors (Lipinski definition) is 0. The maximum atomic E-state index is 12.9. The lowest BCUT2D eigenvalue weighted by molar-refractivity contribution is -0.135. The van der Waals surface area contributed by atoms with Gasteiger partial charge >= 0.3 is 0 Å². The van der Waals surface area contributed by atoms with E-state index in [2.05, 4.69) is 15.3 Å². The minimum Gasteiger partial charge on any atom is -0.346 e. The summed E-state index contributed by atoms with van der Waals surface area (Å²) in [5.74, 6) is 0.209. The van der Waals surface area contributed by atoms with Crippen molar-refractivity contribution in [2.45, 2.75) is 38.6 Å². The summed E-state index contributed by atoms with van der Waals surface area (Å²) < 4.78 is 0. The molecule has 1 aromatic rings. The Labute approximate surface area is 146 Å². The van der Waals surface area contributed by atoms with E-state index in [0.29, 0.717) is 19.0 Å². The van der Waals surface area contributed by atoms with Gasteiger partial charge in [-0.2, -0.15) is 0 Å². The first-order chi connectivity index (χ1) is 11.6. The number of rotatable bonds is 3. The Kier molecular flexibility index (Phi) is 4.20. The average Bonchev–Trinajstić information content (AvgIpc) is 3.27. The van der Waals surface area contributed by atoms with E-state index in [-0.39, 0.29) is 17.7 Å². The lowest BCUT2D eigenvalue weighted by atomic mass is 10.1. The van der Waals surface area contributed by atoms with Crippen molar-refractivity contribution in [2.75, 3.05) is 37.6 Å². The predicted octanol–water partition coefficient (Wildman–Crippen LogP) is 1.50. The van der Waals surface area contributed by atoms with Gasteiger partial charge in [0.25, 0.3) is 0 Å². The van der Waals surface area contributed by atoms with E-state index in [1.54, 1.807) is 11.3 Å². The molecule has 3 aliphatic rings. The molecule has 1 saturated carbocycles. The van der Waals surface area contributed by atoms with Crippen LogP contribution in [-0.4, -0.2) is 65.4 Å². The topological polar surface area (TPSA) is 56.8 Å². The van der Waals surface area contributed by atoms with Crippen molar-refractivity contribution >= 4 is 28.3 Å². The molecule has 2 saturated heterocycles. The van der Waals surface area contributed by atoms with E-state index in [9.17, 15) is 9.59 Å². The summed E-state index contributed by atoms with van der Waals surface area (Å²) in [6, 6.07) is 0.420. The Morgan fingerprint density at radius 2 is 2.08 bits per heavy atom. The molecule has 130 valence electrons. The highest BCUT2D eigenvalue weighted by Crippen LogP contribution is 2.33. The maximum absolute atomic E-state index is 12.9. The second-order valence-electron chi connectivity index (χ2n) is 7.12. The molecule has 0 radical (unpaired) electrons. The quantitative estimate of drug-likeness (QED) is 0.831. The molecule has 24 heavy (non-hydrogen) atoms. The van der Waals surface area contributed by atoms with Gasteiger partial charge in [0.05, 0.1) is 11.6 Å². The van der Waals surface area contributed by atoms with Crippen LogP contribution in [0.25, 0.3) is 0 Å². The SMILES string of the molecule is Cc1csc(N2CCCN(C(=O)[C@@H]3CC(=O)N(C4CC4)C3)CC2)n1. The lowest BCUT2D eigenvalue weighted by Crippen LogP contribution is -2.40. The van der Waals surface area contributed by atoms with Crippen LogP contribution in [0.15, 0.2) is 5.38 Å². The molecule has 7 heteroatoms. The summed E-state index contributed by atoms with van der Waals surface area (Å²) >= 11 is 1.67. The third kappa shape index (κ3) is 3.14. The highest BCUT2D eigenvalue weighted by Gasteiger charge is 2.42. The first-order valence-corrected chi connectivity index (χ1v) is 9.75. The van der Waals surface area contributed by atoms with Crippen LogP contribution in [0.4, 0.5) is 5.13 Å². The smallest absolute Gasteiger partial charge is 0.228 e. The molecule has 0 N–H and O–H groups in total. The summed E-state index contributed by atoms with van der Waals surface area (Å²) in [5, 5.41) is 3.12. The highest BCUT2D eigenvalue weighted by molar-refractivity contribution is 7.13. The van der Waals surface area contributed by atoms with E-state index in [1.807, 2.05) is 16.7 Å². The Bertz CT molecular complexity index is 642. The summed E-state index contributed by atoms with van der Waals surface area (Å²) in [6.45, 7) is 5.92. The van der Waals surface area contributed by atoms with Crippen LogP contribution < -0.4 is 4.90 Å². The number of likely N-dealkylation sites (tertiary alicyclic amines) is 1. The molecule has 2 amide bonds. The highest BCUT2D eigenvalue weighted by atomic mass is 32.1. The number of aromatic nitrogens is 1. The van der Waals surface area contributed by atoms with Gasteiger partial charge in [-0.05, 0) is 26.2 Å². The minimum atomic E-state index is -0.133. The number of hydrogen-bond acceptors (Lipinski definition) is 5. The first-order valence-electron chi connectivity index (χ1n) is 8.87. The molecule has 2 aliphatic heterocycles. The molecule has 1 aliphatic carbocycles. The number of nitrogens with zero attached hydrogens (tertiary/aromatic N) is 4. The molecule has 0 spiro atoms. The van der Waals surface area contributed by atoms with Crippen molar-refractivity contribution in [2.24, 2.45) is 5.92 Å². The fourth-order valence-corrected chi connectivity index (χ4v) is 4.57. The van der Waals surface area contributed by atoms with Crippen LogP contribution in [-0.2, 0) is 9.59 Å². The van der Waals surface area contributed by atoms with E-state index in [1.165, 1.54) is 0 Å². The van der Waals surface area contributed by atoms with Gasteiger partial charge in [-0.15, -0.1) is 11.3 Å². The monoisotopic (exact) mass is 348 g/mol. The zero-order valence-corrected chi connectivity index (χ0v) is 14.9. The van der Waals surface area contributed by atoms with Gasteiger partial charge in [-0.25, -0.2) is 4.98 Å². The first kappa shape index (κ1) is 15.9. The van der Waals surface area contributed by atoms with Gasteiger partial charge < -0.3 is 14.7 Å². The molecular formula is C17H24N4O2S. The van der Waals surface area contributed by atoms with Crippen LogP contribution in [0.1, 0.15) is 31.4 Å². The average molecular weight is 348 g/mol. The summed E-state index contributed by atoms with van der Waals surface area (Å²) in [5.41, 5.74) is 1.05. The molecule has 4 rings (SSSR count). The molecule has 0 bridgehead atoms. The molecule has 3 fully saturated rings. The predicted molar refractivity (Wildman–Crippen MR) is 93.1 cm³/mol. The van der Waals surface area contributed by atoms with Gasteiger partial charge in [0, 0.05) is 50.6 Å². The largest absolute Gasteiger partial charge is 0.346 e. The molecule has 0 aromatic carbocycles. The van der Waals surface area contributed by atoms with Gasteiger partial charge in [-0.1, -0.05) is 0 Å². The van der Waals surface area contributed by atoms with Crippen molar-refractivity contribution in [3.05, 3.63) is 11.1 Å². The van der Waals surface area contributed by atoms with Crippen molar-refractivity contribution in [1.29, 1.82) is 0 Å². The number of amides is 2. The van der Waals surface area contributed by atoms with E-state index >= 15 is 0 Å². The normalized spacial score (nSPS) is 25.3. The third-order valence-corrected chi connectivity index (χ3v) is 6.20. The number of aryl methyl sites for hydroxylation is 1. The van der Waals surface area contributed by atoms with Crippen molar-refractivity contribution < 1.29 is 9.59 Å². The lowest BCUT2D eigenvalue weighted by Gasteiger charge is -2.24. The number of carbonyl (C=O) groups is 2. The summed E-state index contributed by atoms with van der Waals surface area (Å²) in [7, 11) is 0. The Balaban J connectivity index is 1.36. The maximum Gasteiger partial charge on any atom is 0.228 e. The summed E-state index contributed by atoms with van der Waals surface area (Å²) in [6.07, 6.45) is 3.58. The fraction of sp³-hybridized carbons (Fsp3) is 0.706. The molecule has 6 nitrogen and oxygen atoms in total. The van der Waals surface area contributed by atoms with Crippen LogP contribution >= 0.6 is 11.3 Å². The fourth-order valence-electron chi connectivity index (χ4n) is 3.71. The summed E-state index contributed by atoms with van der Waals surface area (Å²) in [4.78, 5) is 35.7. The van der Waals surface area contributed by atoms with Crippen LogP contribution in [0.3, 0.4) is 0 Å². The van der Waals surface area contributed by atoms with Crippen molar-refractivity contribution in [3.63, 3.8) is 0 Å². The number of thiazole rings is 1. The van der Waals surface area contributed by atoms with Crippen molar-refractivity contribution in [3.8, 4) is 0 Å². The minimum absolute atomic E-state index is 0.133. The van der Waals surface area contributed by atoms with Crippen LogP contribution in [0.2, 0.25) is 0 Å².